The Morgan fingerprint density at radius 3 is 2.22 bits per heavy atom. The fourth-order valence-electron chi connectivity index (χ4n) is 3.82. The summed E-state index contributed by atoms with van der Waals surface area (Å²) in [4.78, 5) is 28.0. The molecule has 0 bridgehead atoms. The Hall–Kier alpha value is -3.08. The van der Waals surface area contributed by atoms with E-state index in [1.165, 1.54) is 11.0 Å². The molecule has 0 heterocycles. The van der Waals surface area contributed by atoms with Gasteiger partial charge in [-0.2, -0.15) is 13.2 Å². The van der Waals surface area contributed by atoms with Gasteiger partial charge in [-0.1, -0.05) is 49.7 Å². The number of nitrogens with one attached hydrogen (secondary N) is 1. The van der Waals surface area contributed by atoms with Crippen LogP contribution in [0.1, 0.15) is 50.3 Å². The number of amides is 2. The number of anilines is 1. The van der Waals surface area contributed by atoms with Crippen LogP contribution in [0.4, 0.5) is 18.9 Å². The SMILES string of the molecule is CC[C@H](C)NC(=O)[C@H](CC)N(Cc1cccc(C)c1)C(=O)CN(c1cccc(C(F)(F)F)c1)S(C)(=O)=O. The van der Waals surface area contributed by atoms with Gasteiger partial charge in [-0.3, -0.25) is 13.9 Å². The van der Waals surface area contributed by atoms with Gasteiger partial charge in [0, 0.05) is 12.6 Å². The van der Waals surface area contributed by atoms with E-state index in [-0.39, 0.29) is 30.6 Å². The van der Waals surface area contributed by atoms with Crippen LogP contribution in [-0.4, -0.2) is 50.0 Å². The van der Waals surface area contributed by atoms with Crippen LogP contribution in [0.15, 0.2) is 48.5 Å². The molecule has 204 valence electrons. The molecular formula is C26H34F3N3O4S. The molecule has 11 heteroatoms. The molecule has 0 unspecified atom stereocenters. The molecule has 0 aliphatic carbocycles. The van der Waals surface area contributed by atoms with Crippen molar-refractivity contribution in [1.82, 2.24) is 10.2 Å². The summed E-state index contributed by atoms with van der Waals surface area (Å²) in [6, 6.07) is 10.0. The largest absolute Gasteiger partial charge is 0.416 e. The van der Waals surface area contributed by atoms with Gasteiger partial charge < -0.3 is 10.2 Å². The predicted octanol–water partition coefficient (Wildman–Crippen LogP) is 4.50. The van der Waals surface area contributed by atoms with Crippen LogP contribution in [0.25, 0.3) is 0 Å². The highest BCUT2D eigenvalue weighted by atomic mass is 32.2. The van der Waals surface area contributed by atoms with Crippen molar-refractivity contribution in [3.63, 3.8) is 0 Å². The number of carbonyl (C=O) groups excluding carboxylic acids is 2. The maximum Gasteiger partial charge on any atom is 0.416 e. The van der Waals surface area contributed by atoms with Crippen LogP contribution in [0.5, 0.6) is 0 Å². The van der Waals surface area contributed by atoms with Crippen molar-refractivity contribution < 1.29 is 31.2 Å². The summed E-state index contributed by atoms with van der Waals surface area (Å²) in [6.45, 7) is 6.60. The van der Waals surface area contributed by atoms with Gasteiger partial charge in [0.15, 0.2) is 0 Å². The molecule has 0 radical (unpaired) electrons. The normalized spacial score (nSPS) is 13.5. The third-order valence-electron chi connectivity index (χ3n) is 5.96. The van der Waals surface area contributed by atoms with Crippen molar-refractivity contribution in [2.45, 2.75) is 65.3 Å². The number of alkyl halides is 3. The van der Waals surface area contributed by atoms with Crippen molar-refractivity contribution in [3.05, 3.63) is 65.2 Å². The third-order valence-corrected chi connectivity index (χ3v) is 7.10. The monoisotopic (exact) mass is 541 g/mol. The van der Waals surface area contributed by atoms with Gasteiger partial charge in [0.2, 0.25) is 21.8 Å². The zero-order chi connectivity index (χ0) is 28.0. The summed E-state index contributed by atoms with van der Waals surface area (Å²) in [5.41, 5.74) is 0.331. The predicted molar refractivity (Wildman–Crippen MR) is 137 cm³/mol. The minimum absolute atomic E-state index is 0.0210. The van der Waals surface area contributed by atoms with E-state index in [0.717, 1.165) is 29.5 Å². The molecule has 0 fully saturated rings. The van der Waals surface area contributed by atoms with E-state index in [4.69, 9.17) is 0 Å². The molecule has 37 heavy (non-hydrogen) atoms. The molecule has 2 aromatic rings. The number of hydrogen-bond acceptors (Lipinski definition) is 4. The Kier molecular flexibility index (Phi) is 10.1. The maximum atomic E-state index is 13.6. The van der Waals surface area contributed by atoms with E-state index in [0.29, 0.717) is 16.8 Å². The molecule has 1 N–H and O–H groups in total. The molecule has 0 saturated heterocycles. The average Bonchev–Trinajstić information content (AvgIpc) is 2.81. The van der Waals surface area contributed by atoms with Crippen LogP contribution >= 0.6 is 0 Å². The highest BCUT2D eigenvalue weighted by Gasteiger charge is 2.34. The number of hydrogen-bond donors (Lipinski definition) is 1. The smallest absolute Gasteiger partial charge is 0.352 e. The Morgan fingerprint density at radius 1 is 1.03 bits per heavy atom. The highest BCUT2D eigenvalue weighted by Crippen LogP contribution is 2.32. The zero-order valence-corrected chi connectivity index (χ0v) is 22.5. The van der Waals surface area contributed by atoms with E-state index in [1.807, 2.05) is 32.9 Å². The van der Waals surface area contributed by atoms with Crippen LogP contribution in [0.3, 0.4) is 0 Å². The molecule has 2 amide bonds. The third kappa shape index (κ3) is 8.48. The van der Waals surface area contributed by atoms with Gasteiger partial charge in [0.1, 0.15) is 12.6 Å². The molecule has 0 spiro atoms. The molecule has 2 atom stereocenters. The quantitative estimate of drug-likeness (QED) is 0.454. The second-order valence-electron chi connectivity index (χ2n) is 9.07. The van der Waals surface area contributed by atoms with E-state index >= 15 is 0 Å². The molecule has 2 aromatic carbocycles. The average molecular weight is 542 g/mol. The first-order valence-corrected chi connectivity index (χ1v) is 13.8. The van der Waals surface area contributed by atoms with Crippen molar-refractivity contribution >= 4 is 27.5 Å². The lowest BCUT2D eigenvalue weighted by atomic mass is 10.1. The summed E-state index contributed by atoms with van der Waals surface area (Å²) in [5.74, 6) is -1.10. The van der Waals surface area contributed by atoms with Crippen molar-refractivity contribution in [1.29, 1.82) is 0 Å². The number of nitrogens with zero attached hydrogens (tertiary/aromatic N) is 2. The molecule has 2 rings (SSSR count). The summed E-state index contributed by atoms with van der Waals surface area (Å²) in [7, 11) is -4.15. The first-order chi connectivity index (χ1) is 17.2. The van der Waals surface area contributed by atoms with Gasteiger partial charge in [0.25, 0.3) is 0 Å². The summed E-state index contributed by atoms with van der Waals surface area (Å²) < 4.78 is 65.7. The number of benzene rings is 2. The van der Waals surface area contributed by atoms with E-state index in [9.17, 15) is 31.2 Å². The second-order valence-corrected chi connectivity index (χ2v) is 11.0. The number of halogens is 3. The second kappa shape index (κ2) is 12.4. The number of carbonyl (C=O) groups is 2. The number of aryl methyl sites for hydroxylation is 1. The van der Waals surface area contributed by atoms with Gasteiger partial charge >= 0.3 is 6.18 Å². The van der Waals surface area contributed by atoms with E-state index in [2.05, 4.69) is 5.32 Å². The molecule has 7 nitrogen and oxygen atoms in total. The Bertz CT molecular complexity index is 1200. The topological polar surface area (TPSA) is 86.8 Å². The number of rotatable bonds is 11. The Morgan fingerprint density at radius 2 is 1.68 bits per heavy atom. The van der Waals surface area contributed by atoms with Crippen molar-refractivity contribution in [3.8, 4) is 0 Å². The van der Waals surface area contributed by atoms with Gasteiger partial charge in [-0.05, 0) is 50.5 Å². The first-order valence-electron chi connectivity index (χ1n) is 12.0. The van der Waals surface area contributed by atoms with Crippen LogP contribution < -0.4 is 9.62 Å². The summed E-state index contributed by atoms with van der Waals surface area (Å²) in [6.07, 6.45) is -2.95. The standard InChI is InChI=1S/C26H34F3N3O4S/c1-6-19(4)30-25(34)23(7-2)31(16-20-11-8-10-18(3)14-20)24(33)17-32(37(5,35)36)22-13-9-12-21(15-22)26(27,28)29/h8-15,19,23H,6-7,16-17H2,1-5H3,(H,30,34)/t19-,23-/m0/s1. The van der Waals surface area contributed by atoms with Crippen LogP contribution in [0.2, 0.25) is 0 Å². The van der Waals surface area contributed by atoms with E-state index in [1.54, 1.807) is 19.1 Å². The van der Waals surface area contributed by atoms with Crippen LogP contribution in [-0.2, 0) is 32.3 Å². The zero-order valence-electron chi connectivity index (χ0n) is 21.7. The van der Waals surface area contributed by atoms with E-state index < -0.39 is 40.3 Å². The van der Waals surface area contributed by atoms with Crippen LogP contribution in [0, 0.1) is 6.92 Å². The number of sulfonamides is 1. The summed E-state index contributed by atoms with van der Waals surface area (Å²) >= 11 is 0. The van der Waals surface area contributed by atoms with Gasteiger partial charge in [-0.25, -0.2) is 8.42 Å². The fraction of sp³-hybridized carbons (Fsp3) is 0.462. The first kappa shape index (κ1) is 30.1. The lowest BCUT2D eigenvalue weighted by Crippen LogP contribution is -2.53. The molecule has 0 aliphatic rings. The molecule has 0 aliphatic heterocycles. The minimum atomic E-state index is -4.69. The fourth-order valence-corrected chi connectivity index (χ4v) is 4.66. The summed E-state index contributed by atoms with van der Waals surface area (Å²) in [5, 5.41) is 2.86. The highest BCUT2D eigenvalue weighted by molar-refractivity contribution is 7.92. The minimum Gasteiger partial charge on any atom is -0.352 e. The Balaban J connectivity index is 2.49. The molecule has 0 aromatic heterocycles. The lowest BCUT2D eigenvalue weighted by molar-refractivity contribution is -0.140. The Labute approximate surface area is 216 Å². The molecular weight excluding hydrogens is 507 g/mol. The maximum absolute atomic E-state index is 13.6. The van der Waals surface area contributed by atoms with Gasteiger partial charge in [-0.15, -0.1) is 0 Å². The van der Waals surface area contributed by atoms with Crippen molar-refractivity contribution in [2.75, 3.05) is 17.1 Å². The van der Waals surface area contributed by atoms with Gasteiger partial charge in [0.05, 0.1) is 17.5 Å². The van der Waals surface area contributed by atoms with Crippen molar-refractivity contribution in [2.24, 2.45) is 0 Å². The molecule has 0 saturated carbocycles. The lowest BCUT2D eigenvalue weighted by Gasteiger charge is -2.33.